The molecular weight excluding hydrogens is 538 g/mol. The van der Waals surface area contributed by atoms with Crippen molar-refractivity contribution in [1.82, 2.24) is 14.9 Å². The maximum absolute atomic E-state index is 13.2. The van der Waals surface area contributed by atoms with E-state index in [1.807, 2.05) is 0 Å². The molecule has 0 bridgehead atoms. The van der Waals surface area contributed by atoms with Crippen LogP contribution in [0.3, 0.4) is 0 Å². The van der Waals surface area contributed by atoms with Gasteiger partial charge in [0.1, 0.15) is 24.2 Å². The van der Waals surface area contributed by atoms with Gasteiger partial charge in [-0.25, -0.2) is 0 Å². The number of ketones is 1. The molecule has 9 heteroatoms. The Morgan fingerprint density at radius 1 is 1.24 bits per heavy atom. The van der Waals surface area contributed by atoms with E-state index in [0.717, 1.165) is 11.0 Å². The lowest BCUT2D eigenvalue weighted by Crippen LogP contribution is -2.11. The Balaban J connectivity index is 1.90. The van der Waals surface area contributed by atoms with E-state index in [1.54, 1.807) is 13.0 Å². The van der Waals surface area contributed by atoms with Crippen molar-refractivity contribution >= 4 is 39.7 Å². The number of rotatable bonds is 12. The van der Waals surface area contributed by atoms with Crippen LogP contribution in [-0.2, 0) is 17.8 Å². The summed E-state index contributed by atoms with van der Waals surface area (Å²) in [7, 11) is 2.77. The maximum atomic E-state index is 13.2. The lowest BCUT2D eigenvalue weighted by molar-refractivity contribution is -0.114. The number of nitrogens with zero attached hydrogens (tertiary/aromatic N) is 4. The molecule has 1 N–H and O–H groups in total. The molecule has 2 heterocycles. The van der Waals surface area contributed by atoms with Crippen molar-refractivity contribution in [1.29, 1.82) is 5.26 Å². The number of fused-ring (bicyclic) bond motifs is 1. The van der Waals surface area contributed by atoms with Gasteiger partial charge in [-0.2, -0.15) is 5.26 Å². The van der Waals surface area contributed by atoms with Crippen molar-refractivity contribution in [2.45, 2.75) is 26.9 Å². The average molecular weight is 582 g/mol. The van der Waals surface area contributed by atoms with E-state index < -0.39 is 102 Å². The molecule has 2 aromatic heterocycles. The van der Waals surface area contributed by atoms with E-state index in [-0.39, 0.29) is 51.9 Å². The number of halogens is 1. The van der Waals surface area contributed by atoms with E-state index in [2.05, 4.69) is 15.3 Å². The van der Waals surface area contributed by atoms with Gasteiger partial charge >= 0.3 is 0 Å². The summed E-state index contributed by atoms with van der Waals surface area (Å²) in [5.74, 6) is -1.49. The van der Waals surface area contributed by atoms with Gasteiger partial charge in [-0.15, -0.1) is 0 Å². The predicted octanol–water partition coefficient (Wildman–Crippen LogP) is 6.41. The van der Waals surface area contributed by atoms with Crippen LogP contribution in [-0.4, -0.2) is 47.9 Å². The molecular formula is C32H32ClN5O3. The third-order valence-electron chi connectivity index (χ3n) is 5.16. The zero-order chi connectivity index (χ0) is 39.9. The van der Waals surface area contributed by atoms with Gasteiger partial charge in [0.05, 0.1) is 47.8 Å². The number of anilines is 2. The third-order valence-corrected chi connectivity index (χ3v) is 5.43. The molecule has 41 heavy (non-hydrogen) atoms. The first-order valence-corrected chi connectivity index (χ1v) is 12.6. The van der Waals surface area contributed by atoms with Crippen molar-refractivity contribution in [3.05, 3.63) is 94.2 Å². The van der Waals surface area contributed by atoms with E-state index in [0.29, 0.717) is 0 Å². The van der Waals surface area contributed by atoms with Crippen LogP contribution in [0.25, 0.3) is 10.9 Å². The largest absolute Gasteiger partial charge is 0.494 e. The first-order valence-electron chi connectivity index (χ1n) is 18.2. The first-order chi connectivity index (χ1) is 24.7. The molecule has 0 unspecified atom stereocenters. The van der Waals surface area contributed by atoms with Crippen LogP contribution in [0, 0.1) is 18.3 Å². The van der Waals surface area contributed by atoms with Gasteiger partial charge in [0.2, 0.25) is 0 Å². The molecule has 4 rings (SSSR count). The molecule has 210 valence electrons. The molecule has 0 spiro atoms. The molecule has 0 amide bonds. The van der Waals surface area contributed by atoms with Crippen molar-refractivity contribution < 1.29 is 30.7 Å². The molecule has 0 aliphatic carbocycles. The standard InChI is InChI=1S/C32H32ClN5O3/c1-5-40-31-17-29-27(15-22(31)14-26(39)10-7-13-38(3)4)32(23(18-34)19-35-29)37-24-11-12-30(28(33)16-24)41-20-25-9-6-8-21(2)36-25/h6-12,15-17,19H,5,13-14,20H2,1-4H3,(H,35,37)/b10-7+/i6D,7D,8D,9D,11D,12D,13D2,15D,16D,17D,19D. The van der Waals surface area contributed by atoms with E-state index in [4.69, 9.17) is 37.5 Å². The summed E-state index contributed by atoms with van der Waals surface area (Å²) in [6, 6.07) is -2.78. The Labute approximate surface area is 262 Å². The second-order valence-electron chi connectivity index (χ2n) is 8.56. The number of aromatic nitrogens is 2. The van der Waals surface area contributed by atoms with E-state index >= 15 is 0 Å². The number of pyridine rings is 2. The molecule has 0 saturated heterocycles. The van der Waals surface area contributed by atoms with Crippen LogP contribution in [0.1, 0.15) is 45.9 Å². The monoisotopic (exact) mass is 581 g/mol. The summed E-state index contributed by atoms with van der Waals surface area (Å²) in [5.41, 5.74) is -1.67. The van der Waals surface area contributed by atoms with Crippen LogP contribution in [0.4, 0.5) is 11.4 Å². The smallest absolute Gasteiger partial charge is 0.159 e. The van der Waals surface area contributed by atoms with Crippen LogP contribution in [0.5, 0.6) is 11.5 Å². The lowest BCUT2D eigenvalue weighted by Gasteiger charge is -2.16. The van der Waals surface area contributed by atoms with Gasteiger partial charge in [-0.05, 0) is 70.3 Å². The lowest BCUT2D eigenvalue weighted by atomic mass is 10.0. The second-order valence-corrected chi connectivity index (χ2v) is 8.94. The van der Waals surface area contributed by atoms with Crippen molar-refractivity contribution in [3.8, 4) is 17.6 Å². The molecule has 2 aromatic carbocycles. The number of aryl methyl sites for hydroxylation is 1. The highest BCUT2D eigenvalue weighted by Crippen LogP contribution is 2.36. The second kappa shape index (κ2) is 13.8. The van der Waals surface area contributed by atoms with Crippen LogP contribution in [0.2, 0.25) is 5.02 Å². The van der Waals surface area contributed by atoms with Gasteiger partial charge in [0.25, 0.3) is 0 Å². The van der Waals surface area contributed by atoms with Crippen molar-refractivity contribution in [2.75, 3.05) is 32.5 Å². The summed E-state index contributed by atoms with van der Waals surface area (Å²) >= 11 is 6.47. The maximum Gasteiger partial charge on any atom is 0.159 e. The molecule has 0 aliphatic heterocycles. The number of likely N-dealkylation sites (N-methyl/N-ethyl adjacent to an activating group) is 1. The highest BCUT2D eigenvalue weighted by Gasteiger charge is 2.16. The van der Waals surface area contributed by atoms with Gasteiger partial charge in [0.15, 0.2) is 5.78 Å². The summed E-state index contributed by atoms with van der Waals surface area (Å²) in [6.07, 6.45) is -0.535. The Morgan fingerprint density at radius 2 is 2.07 bits per heavy atom. The van der Waals surface area contributed by atoms with E-state index in [9.17, 15) is 10.1 Å². The molecule has 0 aliphatic rings. The summed E-state index contributed by atoms with van der Waals surface area (Å²) in [6.45, 7) is 0.246. The molecule has 0 atom stereocenters. The van der Waals surface area contributed by atoms with E-state index in [1.165, 1.54) is 21.0 Å². The molecule has 0 saturated carbocycles. The van der Waals surface area contributed by atoms with Crippen LogP contribution < -0.4 is 14.8 Å². The molecule has 0 fully saturated rings. The minimum absolute atomic E-state index is 0.0158. The minimum atomic E-state index is -2.31. The summed E-state index contributed by atoms with van der Waals surface area (Å²) in [4.78, 5) is 22.4. The van der Waals surface area contributed by atoms with Gasteiger partial charge in [-0.3, -0.25) is 14.8 Å². The number of ether oxygens (including phenoxy) is 2. The fourth-order valence-electron chi connectivity index (χ4n) is 3.45. The zero-order valence-corrected chi connectivity index (χ0v) is 23.3. The fraction of sp³-hybridized carbons (Fsp3) is 0.250. The highest BCUT2D eigenvalue weighted by atomic mass is 35.5. The highest BCUT2D eigenvalue weighted by molar-refractivity contribution is 6.32. The molecule has 8 nitrogen and oxygen atoms in total. The molecule has 4 aromatic rings. The fourth-order valence-corrected chi connectivity index (χ4v) is 3.65. The normalized spacial score (nSPS) is 15.9. The summed E-state index contributed by atoms with van der Waals surface area (Å²) in [5, 5.41) is 12.0. The number of carbonyl (C=O) groups excluding carboxylic acids is 1. The van der Waals surface area contributed by atoms with Gasteiger partial charge in [0, 0.05) is 50.2 Å². The quantitative estimate of drug-likeness (QED) is 0.191. The topological polar surface area (TPSA) is 100 Å². The van der Waals surface area contributed by atoms with Crippen molar-refractivity contribution in [2.24, 2.45) is 0 Å². The number of nitriles is 1. The van der Waals surface area contributed by atoms with Crippen LogP contribution >= 0.6 is 11.6 Å². The molecule has 0 radical (unpaired) electrons. The third kappa shape index (κ3) is 7.82. The Kier molecular flexibility index (Phi) is 5.83. The number of hydrogen-bond donors (Lipinski definition) is 1. The van der Waals surface area contributed by atoms with Crippen LogP contribution in [0.15, 0.2) is 66.6 Å². The zero-order valence-electron chi connectivity index (χ0n) is 34.6. The Bertz CT molecular complexity index is 2220. The Hall–Kier alpha value is -4.45. The SMILES string of the molecule is [2H]/C(=C\C(=O)Cc1c(OCC)c([2H])c2nc([2H])c(C#N)c(Nc3c([2H])c([2H])c(OCc4nc(C)c([2H])c([2H])c4[2H])c(Cl)c3[2H])c2c1[2H])C([2H])([2H])N(C)C. The summed E-state index contributed by atoms with van der Waals surface area (Å²) < 4.78 is 112. The number of allylic oxidation sites excluding steroid dienone is 1. The van der Waals surface area contributed by atoms with Gasteiger partial charge < -0.3 is 19.7 Å². The number of nitrogens with one attached hydrogen (secondary N) is 1. The van der Waals surface area contributed by atoms with Crippen molar-refractivity contribution in [3.63, 3.8) is 0 Å². The minimum Gasteiger partial charge on any atom is -0.494 e. The van der Waals surface area contributed by atoms with Gasteiger partial charge in [-0.1, -0.05) is 23.7 Å². The number of benzene rings is 2. The number of carbonyl (C=O) groups is 1. The average Bonchev–Trinajstić information content (AvgIpc) is 3.10. The first kappa shape index (κ1) is 17.4. The predicted molar refractivity (Wildman–Crippen MR) is 162 cm³/mol. The Morgan fingerprint density at radius 3 is 2.83 bits per heavy atom. The number of hydrogen-bond acceptors (Lipinski definition) is 8.